The lowest BCUT2D eigenvalue weighted by Crippen LogP contribution is -2.33. The van der Waals surface area contributed by atoms with Crippen LogP contribution in [0.2, 0.25) is 0 Å². The molecular weight excluding hydrogens is 226 g/mol. The summed E-state index contributed by atoms with van der Waals surface area (Å²) in [5.41, 5.74) is 1.86. The quantitative estimate of drug-likeness (QED) is 0.767. The average Bonchev–Trinajstić information content (AvgIpc) is 2.60. The van der Waals surface area contributed by atoms with Gasteiger partial charge >= 0.3 is 0 Å². The third kappa shape index (κ3) is 1.35. The maximum atomic E-state index is 12.5. The zero-order chi connectivity index (χ0) is 12.8. The molecule has 0 N–H and O–H groups in total. The first-order valence-corrected chi connectivity index (χ1v) is 5.82. The van der Waals surface area contributed by atoms with Crippen molar-refractivity contribution in [2.24, 2.45) is 0 Å². The normalized spacial score (nSPS) is 16.8. The molecule has 0 radical (unpaired) electrons. The van der Waals surface area contributed by atoms with Gasteiger partial charge in [-0.3, -0.25) is 19.7 Å². The van der Waals surface area contributed by atoms with E-state index < -0.39 is 5.41 Å². The van der Waals surface area contributed by atoms with Crippen molar-refractivity contribution in [3.05, 3.63) is 48.5 Å². The fourth-order valence-electron chi connectivity index (χ4n) is 2.29. The van der Waals surface area contributed by atoms with Gasteiger partial charge in [-0.15, -0.1) is 0 Å². The van der Waals surface area contributed by atoms with Crippen LogP contribution >= 0.6 is 0 Å². The van der Waals surface area contributed by atoms with Crippen molar-refractivity contribution in [1.29, 1.82) is 0 Å². The van der Waals surface area contributed by atoms with Gasteiger partial charge in [0, 0.05) is 12.4 Å². The van der Waals surface area contributed by atoms with Crippen LogP contribution < -0.4 is 4.90 Å². The number of amides is 1. The summed E-state index contributed by atoms with van der Waals surface area (Å²) in [6.07, 6.45) is 5.11. The first-order valence-electron chi connectivity index (χ1n) is 5.82. The van der Waals surface area contributed by atoms with Gasteiger partial charge in [-0.1, -0.05) is 0 Å². The number of hydrogen-bond donors (Lipinski definition) is 0. The minimum atomic E-state index is -0.591. The first kappa shape index (κ1) is 10.9. The van der Waals surface area contributed by atoms with E-state index in [1.54, 1.807) is 23.5 Å². The molecule has 90 valence electrons. The lowest BCUT2D eigenvalue weighted by molar-refractivity contribution is -0.121. The highest BCUT2D eigenvalue weighted by Gasteiger charge is 2.45. The van der Waals surface area contributed by atoms with Crippen molar-refractivity contribution in [1.82, 2.24) is 9.97 Å². The van der Waals surface area contributed by atoms with Gasteiger partial charge in [0.2, 0.25) is 5.91 Å². The number of fused-ring (bicyclic) bond motifs is 1. The van der Waals surface area contributed by atoms with E-state index >= 15 is 0 Å². The van der Waals surface area contributed by atoms with E-state index in [0.717, 1.165) is 17.1 Å². The van der Waals surface area contributed by atoms with Gasteiger partial charge in [-0.25, -0.2) is 0 Å². The van der Waals surface area contributed by atoms with Crippen LogP contribution in [0, 0.1) is 0 Å². The molecule has 0 saturated heterocycles. The van der Waals surface area contributed by atoms with E-state index in [2.05, 4.69) is 9.97 Å². The SMILES string of the molecule is CC1(C)C(=O)N(c2cccnc2)c2cccnc21. The number of aromatic nitrogens is 2. The third-order valence-electron chi connectivity index (χ3n) is 3.26. The van der Waals surface area contributed by atoms with E-state index in [4.69, 9.17) is 0 Å². The van der Waals surface area contributed by atoms with Gasteiger partial charge in [0.1, 0.15) is 0 Å². The molecule has 0 unspecified atom stereocenters. The highest BCUT2D eigenvalue weighted by atomic mass is 16.2. The maximum Gasteiger partial charge on any atom is 0.243 e. The Morgan fingerprint density at radius 2 is 1.94 bits per heavy atom. The molecule has 1 aliphatic heterocycles. The van der Waals surface area contributed by atoms with Crippen LogP contribution in [0.1, 0.15) is 19.5 Å². The van der Waals surface area contributed by atoms with Gasteiger partial charge < -0.3 is 0 Å². The molecule has 3 heterocycles. The van der Waals surface area contributed by atoms with E-state index in [-0.39, 0.29) is 5.91 Å². The molecule has 4 nitrogen and oxygen atoms in total. The Kier molecular flexibility index (Phi) is 2.20. The number of rotatable bonds is 1. The van der Waals surface area contributed by atoms with Gasteiger partial charge in [0.15, 0.2) is 0 Å². The zero-order valence-corrected chi connectivity index (χ0v) is 10.3. The summed E-state index contributed by atoms with van der Waals surface area (Å²) in [6.45, 7) is 3.80. The number of hydrogen-bond acceptors (Lipinski definition) is 3. The predicted molar refractivity (Wildman–Crippen MR) is 68.6 cm³/mol. The van der Waals surface area contributed by atoms with E-state index in [1.807, 2.05) is 38.1 Å². The third-order valence-corrected chi connectivity index (χ3v) is 3.26. The molecule has 1 amide bonds. The molecule has 3 rings (SSSR count). The summed E-state index contributed by atoms with van der Waals surface area (Å²) in [4.78, 5) is 22.7. The molecule has 0 atom stereocenters. The van der Waals surface area contributed by atoms with Crippen LogP contribution in [0.15, 0.2) is 42.9 Å². The molecule has 0 spiro atoms. The Hall–Kier alpha value is -2.23. The topological polar surface area (TPSA) is 46.1 Å². The summed E-state index contributed by atoms with van der Waals surface area (Å²) in [5, 5.41) is 0. The smallest absolute Gasteiger partial charge is 0.243 e. The van der Waals surface area contributed by atoms with Crippen LogP contribution in [0.4, 0.5) is 11.4 Å². The number of anilines is 2. The van der Waals surface area contributed by atoms with Crippen molar-refractivity contribution in [3.8, 4) is 0 Å². The van der Waals surface area contributed by atoms with Crippen molar-refractivity contribution in [2.45, 2.75) is 19.3 Å². The van der Waals surface area contributed by atoms with Crippen molar-refractivity contribution in [3.63, 3.8) is 0 Å². The van der Waals surface area contributed by atoms with Crippen LogP contribution in [-0.2, 0) is 10.2 Å². The second-order valence-corrected chi connectivity index (χ2v) is 4.85. The minimum absolute atomic E-state index is 0.0317. The number of pyridine rings is 2. The second-order valence-electron chi connectivity index (χ2n) is 4.85. The van der Waals surface area contributed by atoms with Crippen molar-refractivity contribution >= 4 is 17.3 Å². The lowest BCUT2D eigenvalue weighted by atomic mass is 9.90. The van der Waals surface area contributed by atoms with E-state index in [9.17, 15) is 4.79 Å². The number of carbonyl (C=O) groups is 1. The standard InChI is InChI=1S/C14H13N3O/c1-14(2)12-11(6-4-8-16-12)17(13(14)18)10-5-3-7-15-9-10/h3-9H,1-2H3. The molecule has 18 heavy (non-hydrogen) atoms. The first-order chi connectivity index (χ1) is 8.62. The van der Waals surface area contributed by atoms with Crippen LogP contribution in [0.3, 0.4) is 0 Å². The predicted octanol–water partition coefficient (Wildman–Crippen LogP) is 2.43. The zero-order valence-electron chi connectivity index (χ0n) is 10.3. The van der Waals surface area contributed by atoms with Crippen molar-refractivity contribution in [2.75, 3.05) is 4.90 Å². The van der Waals surface area contributed by atoms with E-state index in [1.165, 1.54) is 0 Å². The van der Waals surface area contributed by atoms with Crippen LogP contribution in [0.25, 0.3) is 0 Å². The summed E-state index contributed by atoms with van der Waals surface area (Å²) < 4.78 is 0. The molecular formula is C14H13N3O. The maximum absolute atomic E-state index is 12.5. The van der Waals surface area contributed by atoms with Gasteiger partial charge in [0.25, 0.3) is 0 Å². The van der Waals surface area contributed by atoms with Crippen molar-refractivity contribution < 1.29 is 4.79 Å². The highest BCUT2D eigenvalue weighted by molar-refractivity contribution is 6.11. The van der Waals surface area contributed by atoms with Gasteiger partial charge in [-0.05, 0) is 38.1 Å². The molecule has 0 bridgehead atoms. The molecule has 0 fully saturated rings. The summed E-state index contributed by atoms with van der Waals surface area (Å²) >= 11 is 0. The minimum Gasteiger partial charge on any atom is -0.277 e. The molecule has 0 aromatic carbocycles. The van der Waals surface area contributed by atoms with Crippen LogP contribution in [0.5, 0.6) is 0 Å². The molecule has 2 aromatic heterocycles. The molecule has 0 aliphatic carbocycles. The molecule has 2 aromatic rings. The average molecular weight is 239 g/mol. The molecule has 0 saturated carbocycles. The largest absolute Gasteiger partial charge is 0.277 e. The summed E-state index contributed by atoms with van der Waals surface area (Å²) in [6, 6.07) is 7.46. The Morgan fingerprint density at radius 3 is 2.67 bits per heavy atom. The van der Waals surface area contributed by atoms with Gasteiger partial charge in [-0.2, -0.15) is 0 Å². The van der Waals surface area contributed by atoms with Gasteiger partial charge in [0.05, 0.1) is 28.7 Å². The Bertz CT molecular complexity index is 607. The Labute approximate surface area is 105 Å². The monoisotopic (exact) mass is 239 g/mol. The Morgan fingerprint density at radius 1 is 1.17 bits per heavy atom. The second kappa shape index (κ2) is 3.63. The highest BCUT2D eigenvalue weighted by Crippen LogP contribution is 2.43. The fraction of sp³-hybridized carbons (Fsp3) is 0.214. The molecule has 1 aliphatic rings. The molecule has 4 heteroatoms. The van der Waals surface area contributed by atoms with E-state index in [0.29, 0.717) is 0 Å². The number of carbonyl (C=O) groups excluding carboxylic acids is 1. The number of nitrogens with zero attached hydrogens (tertiary/aromatic N) is 3. The summed E-state index contributed by atoms with van der Waals surface area (Å²) in [5.74, 6) is 0.0317. The fourth-order valence-corrected chi connectivity index (χ4v) is 2.29. The lowest BCUT2D eigenvalue weighted by Gasteiger charge is -2.19. The summed E-state index contributed by atoms with van der Waals surface area (Å²) in [7, 11) is 0. The van der Waals surface area contributed by atoms with Crippen LogP contribution in [-0.4, -0.2) is 15.9 Å². The Balaban J connectivity index is 2.21.